The van der Waals surface area contributed by atoms with E-state index in [1.165, 1.54) is 19.6 Å². The first-order valence-electron chi connectivity index (χ1n) is 16.4. The Balaban J connectivity index is 1.34. The lowest BCUT2D eigenvalue weighted by Crippen LogP contribution is -2.53. The number of fused-ring (bicyclic) bond motifs is 1. The summed E-state index contributed by atoms with van der Waals surface area (Å²) in [7, 11) is 0. The predicted octanol–water partition coefficient (Wildman–Crippen LogP) is 5.84. The van der Waals surface area contributed by atoms with Gasteiger partial charge in [0.25, 0.3) is 5.56 Å². The van der Waals surface area contributed by atoms with Crippen LogP contribution < -0.4 is 11.2 Å². The van der Waals surface area contributed by atoms with Gasteiger partial charge in [-0.25, -0.2) is 23.5 Å². The van der Waals surface area contributed by atoms with Crippen LogP contribution in [0.5, 0.6) is 0 Å². The van der Waals surface area contributed by atoms with Crippen LogP contribution >= 0.6 is 0 Å². The monoisotopic (exact) mass is 643 g/mol. The smallest absolute Gasteiger partial charge is 0.407 e. The zero-order chi connectivity index (χ0) is 33.3. The predicted molar refractivity (Wildman–Crippen MR) is 179 cm³/mol. The maximum Gasteiger partial charge on any atom is 0.407 e. The van der Waals surface area contributed by atoms with Gasteiger partial charge in [-0.15, -0.1) is 0 Å². The number of benzene rings is 2. The number of carboxylic acid groups (broad SMARTS) is 1. The number of aromatic nitrogens is 3. The van der Waals surface area contributed by atoms with Gasteiger partial charge in [0.05, 0.1) is 23.9 Å². The highest BCUT2D eigenvalue weighted by molar-refractivity contribution is 5.76. The number of hydrogen-bond donors (Lipinski definition) is 1. The Morgan fingerprint density at radius 1 is 1.00 bits per heavy atom. The van der Waals surface area contributed by atoms with Gasteiger partial charge >= 0.3 is 11.8 Å². The molecule has 2 aromatic carbocycles. The summed E-state index contributed by atoms with van der Waals surface area (Å²) in [6.07, 6.45) is 2.91. The Kier molecular flexibility index (Phi) is 9.29. The minimum Gasteiger partial charge on any atom is -0.465 e. The lowest BCUT2D eigenvalue weighted by molar-refractivity contribution is 0.0506. The molecule has 1 saturated heterocycles. The van der Waals surface area contributed by atoms with Crippen molar-refractivity contribution < 1.29 is 19.0 Å². The average Bonchev–Trinajstić information content (AvgIpc) is 3.31. The molecule has 0 atom stereocenters. The van der Waals surface area contributed by atoms with Gasteiger partial charge in [0.2, 0.25) is 0 Å². The molecule has 0 unspecified atom stereocenters. The van der Waals surface area contributed by atoms with Crippen molar-refractivity contribution in [3.8, 4) is 16.8 Å². The second-order valence-corrected chi connectivity index (χ2v) is 13.6. The second-order valence-electron chi connectivity index (χ2n) is 13.6. The Hall–Kier alpha value is -4.35. The van der Waals surface area contributed by atoms with E-state index in [2.05, 4.69) is 34.1 Å². The number of halogens is 1. The van der Waals surface area contributed by atoms with Crippen molar-refractivity contribution in [1.82, 2.24) is 23.9 Å². The third kappa shape index (κ3) is 6.87. The average molecular weight is 644 g/mol. The number of rotatable bonds is 6. The SMILES string of the molecule is CC(C)(C)N(C(=O)O)C1CCC(n2c(=O)c3cc(F)cnc3n(-c3cccc(-c4ccc(CN5CCCOCC5)cc4)c3)c2=O)CC1. The first kappa shape index (κ1) is 32.6. The normalized spacial score (nSPS) is 19.4. The Bertz CT molecular complexity index is 1860. The van der Waals surface area contributed by atoms with Crippen LogP contribution in [0.4, 0.5) is 9.18 Å². The van der Waals surface area contributed by atoms with Gasteiger partial charge in [-0.1, -0.05) is 36.4 Å². The van der Waals surface area contributed by atoms with Crippen molar-refractivity contribution in [2.45, 2.75) is 77.0 Å². The van der Waals surface area contributed by atoms with E-state index in [0.717, 1.165) is 62.7 Å². The molecular formula is C36H42FN5O5. The van der Waals surface area contributed by atoms with Crippen LogP contribution in [0, 0.1) is 5.82 Å². The molecule has 1 N–H and O–H groups in total. The molecule has 6 rings (SSSR count). The lowest BCUT2D eigenvalue weighted by Gasteiger charge is -2.42. The van der Waals surface area contributed by atoms with Crippen molar-refractivity contribution >= 4 is 17.1 Å². The molecule has 0 bridgehead atoms. The molecule has 2 aromatic heterocycles. The molecule has 0 spiro atoms. The molecule has 1 saturated carbocycles. The largest absolute Gasteiger partial charge is 0.465 e. The highest BCUT2D eigenvalue weighted by Crippen LogP contribution is 2.33. The molecule has 11 heteroatoms. The van der Waals surface area contributed by atoms with Crippen LogP contribution in [0.15, 0.2) is 70.4 Å². The van der Waals surface area contributed by atoms with Gasteiger partial charge in [-0.2, -0.15) is 0 Å². The van der Waals surface area contributed by atoms with Crippen molar-refractivity contribution in [3.05, 3.63) is 93.0 Å². The highest BCUT2D eigenvalue weighted by Gasteiger charge is 2.37. The maximum atomic E-state index is 14.5. The zero-order valence-electron chi connectivity index (χ0n) is 27.2. The number of hydrogen-bond acceptors (Lipinski definition) is 6. The molecule has 3 heterocycles. The minimum absolute atomic E-state index is 0.0160. The molecule has 0 radical (unpaired) electrons. The van der Waals surface area contributed by atoms with Crippen molar-refractivity contribution in [3.63, 3.8) is 0 Å². The highest BCUT2D eigenvalue weighted by atomic mass is 19.1. The summed E-state index contributed by atoms with van der Waals surface area (Å²) >= 11 is 0. The fourth-order valence-electron chi connectivity index (χ4n) is 7.14. The fraction of sp³-hybridized carbons (Fsp3) is 0.444. The summed E-state index contributed by atoms with van der Waals surface area (Å²) in [4.78, 5) is 48.2. The van der Waals surface area contributed by atoms with Gasteiger partial charge < -0.3 is 14.7 Å². The van der Waals surface area contributed by atoms with Gasteiger partial charge in [-0.05, 0) is 87.8 Å². The summed E-state index contributed by atoms with van der Waals surface area (Å²) in [5.74, 6) is -0.668. The summed E-state index contributed by atoms with van der Waals surface area (Å²) in [6.45, 7) is 9.88. The van der Waals surface area contributed by atoms with E-state index >= 15 is 0 Å². The lowest BCUT2D eigenvalue weighted by atomic mass is 9.88. The number of ether oxygens (including phenoxy) is 1. The van der Waals surface area contributed by atoms with E-state index in [4.69, 9.17) is 4.74 Å². The summed E-state index contributed by atoms with van der Waals surface area (Å²) < 4.78 is 22.7. The van der Waals surface area contributed by atoms with Gasteiger partial charge in [0.15, 0.2) is 5.65 Å². The zero-order valence-corrected chi connectivity index (χ0v) is 27.2. The molecule has 47 heavy (non-hydrogen) atoms. The number of pyridine rings is 1. The first-order chi connectivity index (χ1) is 22.5. The van der Waals surface area contributed by atoms with Gasteiger partial charge in [-0.3, -0.25) is 14.3 Å². The van der Waals surface area contributed by atoms with Crippen LogP contribution in [-0.2, 0) is 11.3 Å². The summed E-state index contributed by atoms with van der Waals surface area (Å²) in [5, 5.41) is 9.92. The molecule has 1 aliphatic heterocycles. The van der Waals surface area contributed by atoms with Crippen molar-refractivity contribution in [1.29, 1.82) is 0 Å². The fourth-order valence-corrected chi connectivity index (χ4v) is 7.14. The molecule has 1 aliphatic carbocycles. The third-order valence-electron chi connectivity index (χ3n) is 9.33. The first-order valence-corrected chi connectivity index (χ1v) is 16.4. The van der Waals surface area contributed by atoms with Crippen molar-refractivity contribution in [2.75, 3.05) is 26.3 Å². The molecule has 1 amide bonds. The summed E-state index contributed by atoms with van der Waals surface area (Å²) in [5.41, 5.74) is 1.92. The molecule has 2 aliphatic rings. The van der Waals surface area contributed by atoms with Crippen LogP contribution in [0.2, 0.25) is 0 Å². The third-order valence-corrected chi connectivity index (χ3v) is 9.33. The Labute approximate surface area is 273 Å². The topological polar surface area (TPSA) is 110 Å². The standard InChI is InChI=1S/C36H42FN5O5/c1-36(2,3)42(35(45)46)29-14-12-28(13-15-29)41-33(43)31-21-27(37)22-38-32(31)40(34(41)44)30-7-4-6-26(20-30)25-10-8-24(9-11-25)23-39-16-5-18-47-19-17-39/h4,6-11,20-22,28-29H,5,12-19,23H2,1-3H3,(H,45,46). The molecular weight excluding hydrogens is 601 g/mol. The molecule has 10 nitrogen and oxygen atoms in total. The van der Waals surface area contributed by atoms with E-state index in [-0.39, 0.29) is 17.1 Å². The van der Waals surface area contributed by atoms with Gasteiger partial charge in [0.1, 0.15) is 5.82 Å². The van der Waals surface area contributed by atoms with Crippen LogP contribution in [0.25, 0.3) is 27.8 Å². The second kappa shape index (κ2) is 13.4. The van der Waals surface area contributed by atoms with E-state index in [1.807, 2.05) is 39.0 Å². The van der Waals surface area contributed by atoms with Gasteiger partial charge in [0, 0.05) is 43.9 Å². The van der Waals surface area contributed by atoms with E-state index in [1.54, 1.807) is 6.07 Å². The maximum absolute atomic E-state index is 14.5. The van der Waals surface area contributed by atoms with Crippen molar-refractivity contribution in [2.24, 2.45) is 0 Å². The number of amides is 1. The van der Waals surface area contributed by atoms with E-state index < -0.39 is 34.7 Å². The van der Waals surface area contributed by atoms with Crippen LogP contribution in [0.1, 0.15) is 64.5 Å². The Morgan fingerprint density at radius 2 is 1.74 bits per heavy atom. The summed E-state index contributed by atoms with van der Waals surface area (Å²) in [6, 6.07) is 16.3. The number of nitrogens with zero attached hydrogens (tertiary/aromatic N) is 5. The molecule has 2 fully saturated rings. The quantitative estimate of drug-likeness (QED) is 0.281. The minimum atomic E-state index is -0.991. The van der Waals surface area contributed by atoms with E-state index in [0.29, 0.717) is 31.4 Å². The van der Waals surface area contributed by atoms with E-state index in [9.17, 15) is 23.9 Å². The van der Waals surface area contributed by atoms with Crippen LogP contribution in [0.3, 0.4) is 0 Å². The number of carbonyl (C=O) groups is 1. The van der Waals surface area contributed by atoms with Crippen LogP contribution in [-0.4, -0.2) is 73.0 Å². The molecule has 248 valence electrons. The molecule has 4 aromatic rings. The Morgan fingerprint density at radius 3 is 2.45 bits per heavy atom.